The fourth-order valence-electron chi connectivity index (χ4n) is 2.19. The fourth-order valence-corrected chi connectivity index (χ4v) is 2.19. The Morgan fingerprint density at radius 1 is 1.14 bits per heavy atom. The largest absolute Gasteiger partial charge is 0.507 e. The molecule has 0 fully saturated rings. The van der Waals surface area contributed by atoms with Crippen LogP contribution in [0.1, 0.15) is 28.9 Å². The van der Waals surface area contributed by atoms with E-state index in [0.717, 1.165) is 5.56 Å². The van der Waals surface area contributed by atoms with Gasteiger partial charge in [-0.05, 0) is 31.2 Å². The third-order valence-electron chi connectivity index (χ3n) is 3.40. The van der Waals surface area contributed by atoms with Gasteiger partial charge >= 0.3 is 0 Å². The van der Waals surface area contributed by atoms with Crippen molar-refractivity contribution in [2.75, 3.05) is 14.2 Å². The first-order valence-electron chi connectivity index (χ1n) is 6.87. The molecule has 116 valence electrons. The number of carbonyl (C=O) groups excluding carboxylic acids is 1. The minimum Gasteiger partial charge on any atom is -0.507 e. The van der Waals surface area contributed by atoms with Gasteiger partial charge < -0.3 is 19.9 Å². The van der Waals surface area contributed by atoms with E-state index in [9.17, 15) is 9.90 Å². The number of nitrogens with one attached hydrogen (secondary N) is 1. The van der Waals surface area contributed by atoms with Crippen molar-refractivity contribution in [2.24, 2.45) is 0 Å². The predicted octanol–water partition coefficient (Wildman–Crippen LogP) is 2.90. The number of methoxy groups -OCH3 is 2. The lowest BCUT2D eigenvalue weighted by Gasteiger charge is -2.18. The molecular formula is C17H19NO4. The third kappa shape index (κ3) is 3.31. The van der Waals surface area contributed by atoms with Crippen molar-refractivity contribution >= 4 is 5.91 Å². The van der Waals surface area contributed by atoms with Gasteiger partial charge in [-0.25, -0.2) is 0 Å². The Labute approximate surface area is 129 Å². The lowest BCUT2D eigenvalue weighted by molar-refractivity contribution is 0.0937. The van der Waals surface area contributed by atoms with Crippen molar-refractivity contribution in [3.8, 4) is 17.2 Å². The van der Waals surface area contributed by atoms with Crippen LogP contribution in [0.2, 0.25) is 0 Å². The van der Waals surface area contributed by atoms with Crippen LogP contribution in [0.25, 0.3) is 0 Å². The molecule has 0 saturated carbocycles. The summed E-state index contributed by atoms with van der Waals surface area (Å²) in [4.78, 5) is 12.2. The van der Waals surface area contributed by atoms with Gasteiger partial charge in [-0.3, -0.25) is 4.79 Å². The molecule has 0 spiro atoms. The van der Waals surface area contributed by atoms with E-state index in [2.05, 4.69) is 5.32 Å². The molecule has 0 radical (unpaired) electrons. The van der Waals surface area contributed by atoms with Crippen LogP contribution >= 0.6 is 0 Å². The predicted molar refractivity (Wildman–Crippen MR) is 83.5 cm³/mol. The number of para-hydroxylation sites is 1. The van der Waals surface area contributed by atoms with Crippen LogP contribution in [0.15, 0.2) is 42.5 Å². The van der Waals surface area contributed by atoms with Crippen molar-refractivity contribution in [1.29, 1.82) is 0 Å². The second kappa shape index (κ2) is 6.85. The van der Waals surface area contributed by atoms with Crippen molar-refractivity contribution in [3.63, 3.8) is 0 Å². The Morgan fingerprint density at radius 3 is 2.50 bits per heavy atom. The zero-order valence-corrected chi connectivity index (χ0v) is 12.8. The summed E-state index contributed by atoms with van der Waals surface area (Å²) in [7, 11) is 3.15. The van der Waals surface area contributed by atoms with E-state index in [1.165, 1.54) is 6.07 Å². The molecule has 0 aliphatic carbocycles. The fraction of sp³-hybridized carbons (Fsp3) is 0.235. The lowest BCUT2D eigenvalue weighted by atomic mass is 10.1. The summed E-state index contributed by atoms with van der Waals surface area (Å²) in [6, 6.07) is 11.5. The summed E-state index contributed by atoms with van der Waals surface area (Å²) in [5.41, 5.74) is 1.06. The van der Waals surface area contributed by atoms with E-state index in [-0.39, 0.29) is 23.3 Å². The molecule has 22 heavy (non-hydrogen) atoms. The smallest absolute Gasteiger partial charge is 0.255 e. The molecule has 2 rings (SSSR count). The van der Waals surface area contributed by atoms with Crippen molar-refractivity contribution < 1.29 is 19.4 Å². The van der Waals surface area contributed by atoms with Gasteiger partial charge in [-0.1, -0.05) is 12.1 Å². The van der Waals surface area contributed by atoms with E-state index in [4.69, 9.17) is 9.47 Å². The van der Waals surface area contributed by atoms with E-state index < -0.39 is 0 Å². The van der Waals surface area contributed by atoms with Crippen LogP contribution in [-0.4, -0.2) is 25.2 Å². The number of ether oxygens (including phenoxy) is 2. The zero-order valence-electron chi connectivity index (χ0n) is 12.8. The van der Waals surface area contributed by atoms with Crippen molar-refractivity contribution in [2.45, 2.75) is 13.0 Å². The van der Waals surface area contributed by atoms with Crippen LogP contribution < -0.4 is 14.8 Å². The quantitative estimate of drug-likeness (QED) is 0.891. The molecule has 2 aromatic rings. The van der Waals surface area contributed by atoms with Crippen LogP contribution in [0.4, 0.5) is 0 Å². The van der Waals surface area contributed by atoms with Crippen LogP contribution in [0.3, 0.4) is 0 Å². The number of amides is 1. The van der Waals surface area contributed by atoms with Crippen molar-refractivity contribution in [1.82, 2.24) is 5.32 Å². The summed E-state index contributed by atoms with van der Waals surface area (Å²) in [6.45, 7) is 1.85. The van der Waals surface area contributed by atoms with Gasteiger partial charge in [-0.15, -0.1) is 0 Å². The number of phenolic OH excluding ortho intramolecular Hbond substituents is 1. The van der Waals surface area contributed by atoms with E-state index in [0.29, 0.717) is 11.5 Å². The average molecular weight is 301 g/mol. The highest BCUT2D eigenvalue weighted by Crippen LogP contribution is 2.29. The Bertz CT molecular complexity index is 669. The summed E-state index contributed by atoms with van der Waals surface area (Å²) < 4.78 is 10.5. The second-order valence-electron chi connectivity index (χ2n) is 4.82. The van der Waals surface area contributed by atoms with Crippen molar-refractivity contribution in [3.05, 3.63) is 53.6 Å². The second-order valence-corrected chi connectivity index (χ2v) is 4.82. The number of aromatic hydroxyl groups is 1. The van der Waals surface area contributed by atoms with Crippen LogP contribution in [0.5, 0.6) is 17.2 Å². The maximum Gasteiger partial charge on any atom is 0.255 e. The van der Waals surface area contributed by atoms with E-state index >= 15 is 0 Å². The normalized spacial score (nSPS) is 11.6. The highest BCUT2D eigenvalue weighted by molar-refractivity contribution is 5.97. The molecule has 0 aliphatic heterocycles. The number of phenols is 1. The Kier molecular flexibility index (Phi) is 4.88. The standard InChI is InChI=1S/C17H19NO4/c1-11(13-9-8-12(21-2)10-16(13)22-3)18-17(20)14-6-4-5-7-15(14)19/h4-11,19H,1-3H3,(H,18,20). The molecule has 0 bridgehead atoms. The van der Waals surface area contributed by atoms with E-state index in [1.807, 2.05) is 13.0 Å². The molecule has 0 saturated heterocycles. The molecule has 1 unspecified atom stereocenters. The minimum absolute atomic E-state index is 0.0473. The molecule has 2 aromatic carbocycles. The third-order valence-corrected chi connectivity index (χ3v) is 3.40. The molecular weight excluding hydrogens is 282 g/mol. The van der Waals surface area contributed by atoms with E-state index in [1.54, 1.807) is 44.6 Å². The molecule has 5 heteroatoms. The number of rotatable bonds is 5. The number of hydrogen-bond donors (Lipinski definition) is 2. The van der Waals surface area contributed by atoms with Gasteiger partial charge in [0, 0.05) is 11.6 Å². The summed E-state index contributed by atoms with van der Waals surface area (Å²) in [5, 5.41) is 12.6. The molecule has 0 aliphatic rings. The van der Waals surface area contributed by atoms with Crippen LogP contribution in [-0.2, 0) is 0 Å². The molecule has 1 atom stereocenters. The number of hydrogen-bond acceptors (Lipinski definition) is 4. The molecule has 0 heterocycles. The van der Waals surface area contributed by atoms with Gasteiger partial charge in [0.25, 0.3) is 5.91 Å². The molecule has 2 N–H and O–H groups in total. The van der Waals surface area contributed by atoms with Gasteiger partial charge in [0.15, 0.2) is 0 Å². The first-order chi connectivity index (χ1) is 10.6. The molecule has 5 nitrogen and oxygen atoms in total. The summed E-state index contributed by atoms with van der Waals surface area (Å²) >= 11 is 0. The molecule has 1 amide bonds. The Balaban J connectivity index is 2.20. The maximum atomic E-state index is 12.2. The highest BCUT2D eigenvalue weighted by Gasteiger charge is 2.17. The topological polar surface area (TPSA) is 67.8 Å². The SMILES string of the molecule is COc1ccc(C(C)NC(=O)c2ccccc2O)c(OC)c1. The average Bonchev–Trinajstić information content (AvgIpc) is 2.54. The number of benzene rings is 2. The minimum atomic E-state index is -0.344. The van der Waals surface area contributed by atoms with Gasteiger partial charge in [-0.2, -0.15) is 0 Å². The Hall–Kier alpha value is -2.69. The summed E-state index contributed by atoms with van der Waals surface area (Å²) in [5.74, 6) is 0.918. The lowest BCUT2D eigenvalue weighted by Crippen LogP contribution is -2.27. The monoisotopic (exact) mass is 301 g/mol. The first kappa shape index (κ1) is 15.7. The number of carbonyl (C=O) groups is 1. The van der Waals surface area contributed by atoms with Gasteiger partial charge in [0.1, 0.15) is 17.2 Å². The highest BCUT2D eigenvalue weighted by atomic mass is 16.5. The zero-order chi connectivity index (χ0) is 16.1. The first-order valence-corrected chi connectivity index (χ1v) is 6.87. The van der Waals surface area contributed by atoms with Gasteiger partial charge in [0.05, 0.1) is 25.8 Å². The molecule has 0 aromatic heterocycles. The maximum absolute atomic E-state index is 12.2. The summed E-state index contributed by atoms with van der Waals surface area (Å²) in [6.07, 6.45) is 0. The Morgan fingerprint density at radius 2 is 1.86 bits per heavy atom. The van der Waals surface area contributed by atoms with Crippen LogP contribution in [0, 0.1) is 0 Å². The van der Waals surface area contributed by atoms with Gasteiger partial charge in [0.2, 0.25) is 0 Å².